The van der Waals surface area contributed by atoms with Gasteiger partial charge in [-0.2, -0.15) is 0 Å². The van der Waals surface area contributed by atoms with Gasteiger partial charge in [0.2, 0.25) is 11.8 Å². The summed E-state index contributed by atoms with van der Waals surface area (Å²) in [6.45, 7) is 1.75. The molecule has 1 aliphatic rings. The molecule has 0 atom stereocenters. The Labute approximate surface area is 87.0 Å². The van der Waals surface area contributed by atoms with Crippen LogP contribution < -0.4 is 5.73 Å². The lowest BCUT2D eigenvalue weighted by Gasteiger charge is -2.22. The molecule has 0 aromatic heterocycles. The fraction of sp³-hybridized carbons (Fsp3) is 0.667. The number of likely N-dealkylation sites (N-methyl/N-ethyl adjacent to an activating group) is 1. The van der Waals surface area contributed by atoms with Crippen molar-refractivity contribution in [1.29, 1.82) is 0 Å². The number of primary amides is 1. The smallest absolute Gasteiger partial charge is 0.319 e. The van der Waals surface area contributed by atoms with Crippen LogP contribution in [0.5, 0.6) is 0 Å². The van der Waals surface area contributed by atoms with Crippen molar-refractivity contribution >= 4 is 17.8 Å². The lowest BCUT2D eigenvalue weighted by Crippen LogP contribution is -2.44. The molecule has 0 bridgehead atoms. The molecule has 1 aliphatic carbocycles. The number of rotatable bonds is 5. The van der Waals surface area contributed by atoms with Crippen LogP contribution in [0, 0.1) is 5.41 Å². The second-order valence-electron chi connectivity index (χ2n) is 3.67. The third-order valence-electron chi connectivity index (χ3n) is 2.58. The molecule has 0 aromatic rings. The summed E-state index contributed by atoms with van der Waals surface area (Å²) in [4.78, 5) is 34.5. The molecule has 0 spiro atoms. The number of carboxylic acid groups (broad SMARTS) is 1. The summed E-state index contributed by atoms with van der Waals surface area (Å²) in [7, 11) is 0. The first-order valence-corrected chi connectivity index (χ1v) is 4.75. The van der Waals surface area contributed by atoms with Gasteiger partial charge in [-0.05, 0) is 19.8 Å². The lowest BCUT2D eigenvalue weighted by molar-refractivity contribution is -0.154. The summed E-state index contributed by atoms with van der Waals surface area (Å²) in [6, 6.07) is 0. The molecule has 2 amide bonds. The van der Waals surface area contributed by atoms with Crippen molar-refractivity contribution in [2.24, 2.45) is 11.1 Å². The van der Waals surface area contributed by atoms with Crippen molar-refractivity contribution in [3.05, 3.63) is 0 Å². The molecule has 6 heteroatoms. The zero-order valence-corrected chi connectivity index (χ0v) is 8.52. The summed E-state index contributed by atoms with van der Waals surface area (Å²) in [6.07, 6.45) is 0.687. The summed E-state index contributed by atoms with van der Waals surface area (Å²) in [5.41, 5.74) is 3.68. The molecule has 0 saturated heterocycles. The fourth-order valence-electron chi connectivity index (χ4n) is 1.46. The van der Waals surface area contributed by atoms with Crippen LogP contribution in [0.25, 0.3) is 0 Å². The third-order valence-corrected chi connectivity index (χ3v) is 2.58. The number of aliphatic carboxylic acids is 1. The first-order valence-electron chi connectivity index (χ1n) is 4.75. The molecule has 1 fully saturated rings. The average Bonchev–Trinajstić information content (AvgIpc) is 2.93. The van der Waals surface area contributed by atoms with Gasteiger partial charge in [0.1, 0.15) is 5.41 Å². The lowest BCUT2D eigenvalue weighted by atomic mass is 10.1. The Morgan fingerprint density at radius 1 is 1.40 bits per heavy atom. The number of carbonyl (C=O) groups is 3. The van der Waals surface area contributed by atoms with E-state index in [-0.39, 0.29) is 13.1 Å². The molecule has 0 aliphatic heterocycles. The summed E-state index contributed by atoms with van der Waals surface area (Å²) in [5.74, 6) is -2.25. The second-order valence-corrected chi connectivity index (χ2v) is 3.67. The normalized spacial score (nSPS) is 16.9. The maximum absolute atomic E-state index is 11.8. The minimum atomic E-state index is -1.29. The quantitative estimate of drug-likeness (QED) is 0.584. The van der Waals surface area contributed by atoms with E-state index in [0.29, 0.717) is 12.8 Å². The second kappa shape index (κ2) is 3.88. The van der Waals surface area contributed by atoms with E-state index in [4.69, 9.17) is 10.8 Å². The predicted octanol–water partition coefficient (Wildman–Crippen LogP) is -0.815. The number of amides is 2. The van der Waals surface area contributed by atoms with E-state index in [2.05, 4.69) is 0 Å². The van der Waals surface area contributed by atoms with Crippen molar-refractivity contribution in [3.8, 4) is 0 Å². The molecule has 3 N–H and O–H groups in total. The van der Waals surface area contributed by atoms with Crippen LogP contribution in [0.2, 0.25) is 0 Å². The highest BCUT2D eigenvalue weighted by Gasteiger charge is 2.58. The SMILES string of the molecule is CCN(CC(N)=O)C(=O)C1(C(=O)O)CC1. The average molecular weight is 214 g/mol. The van der Waals surface area contributed by atoms with Crippen molar-refractivity contribution in [1.82, 2.24) is 4.90 Å². The first kappa shape index (κ1) is 11.5. The standard InChI is InChI=1S/C9H14N2O4/c1-2-11(5-6(10)12)7(13)9(3-4-9)8(14)15/h2-5H2,1H3,(H2,10,12)(H,14,15). The molecular weight excluding hydrogens is 200 g/mol. The van der Waals surface area contributed by atoms with Crippen LogP contribution in [0.4, 0.5) is 0 Å². The monoisotopic (exact) mass is 214 g/mol. The Bertz CT molecular complexity index is 309. The van der Waals surface area contributed by atoms with Gasteiger partial charge in [-0.1, -0.05) is 0 Å². The summed E-state index contributed by atoms with van der Waals surface area (Å²) in [5, 5.41) is 8.89. The van der Waals surface area contributed by atoms with Crippen molar-refractivity contribution < 1.29 is 19.5 Å². The topological polar surface area (TPSA) is 101 Å². The number of hydrogen-bond acceptors (Lipinski definition) is 3. The Morgan fingerprint density at radius 2 is 1.93 bits per heavy atom. The molecule has 6 nitrogen and oxygen atoms in total. The molecular formula is C9H14N2O4. The van der Waals surface area contributed by atoms with Crippen LogP contribution >= 0.6 is 0 Å². The summed E-state index contributed by atoms with van der Waals surface area (Å²) >= 11 is 0. The zero-order valence-electron chi connectivity index (χ0n) is 8.52. The fourth-order valence-corrected chi connectivity index (χ4v) is 1.46. The van der Waals surface area contributed by atoms with Gasteiger partial charge >= 0.3 is 5.97 Å². The largest absolute Gasteiger partial charge is 0.480 e. The van der Waals surface area contributed by atoms with Gasteiger partial charge in [-0.3, -0.25) is 14.4 Å². The highest BCUT2D eigenvalue weighted by Crippen LogP contribution is 2.47. The molecule has 0 aromatic carbocycles. The number of nitrogens with zero attached hydrogens (tertiary/aromatic N) is 1. The number of nitrogens with two attached hydrogens (primary N) is 1. The number of carbonyl (C=O) groups excluding carboxylic acids is 2. The molecule has 1 rings (SSSR count). The van der Waals surface area contributed by atoms with E-state index in [1.54, 1.807) is 6.92 Å². The molecule has 84 valence electrons. The Hall–Kier alpha value is -1.59. The van der Waals surface area contributed by atoms with Crippen LogP contribution in [0.3, 0.4) is 0 Å². The molecule has 15 heavy (non-hydrogen) atoms. The molecule has 1 saturated carbocycles. The Morgan fingerprint density at radius 3 is 2.20 bits per heavy atom. The number of hydrogen-bond donors (Lipinski definition) is 2. The van der Waals surface area contributed by atoms with Gasteiger partial charge in [-0.25, -0.2) is 0 Å². The molecule has 0 radical (unpaired) electrons. The highest BCUT2D eigenvalue weighted by atomic mass is 16.4. The van der Waals surface area contributed by atoms with Gasteiger partial charge in [0.15, 0.2) is 0 Å². The maximum Gasteiger partial charge on any atom is 0.319 e. The zero-order chi connectivity index (χ0) is 11.6. The highest BCUT2D eigenvalue weighted by molar-refractivity contribution is 6.05. The molecule has 0 unspecified atom stereocenters. The van der Waals surface area contributed by atoms with E-state index in [9.17, 15) is 14.4 Å². The Kier molecular flexibility index (Phi) is 2.97. The van der Waals surface area contributed by atoms with E-state index >= 15 is 0 Å². The minimum absolute atomic E-state index is 0.218. The van der Waals surface area contributed by atoms with Gasteiger partial charge in [-0.15, -0.1) is 0 Å². The summed E-state index contributed by atoms with van der Waals surface area (Å²) < 4.78 is 0. The van der Waals surface area contributed by atoms with Gasteiger partial charge < -0.3 is 15.7 Å². The van der Waals surface area contributed by atoms with Crippen molar-refractivity contribution in [2.75, 3.05) is 13.1 Å². The van der Waals surface area contributed by atoms with Crippen LogP contribution in [-0.4, -0.2) is 40.9 Å². The van der Waals surface area contributed by atoms with E-state index in [0.717, 1.165) is 0 Å². The van der Waals surface area contributed by atoms with E-state index in [1.165, 1.54) is 4.90 Å². The predicted molar refractivity (Wildman–Crippen MR) is 50.8 cm³/mol. The van der Waals surface area contributed by atoms with Gasteiger partial charge in [0.05, 0.1) is 6.54 Å². The number of carboxylic acids is 1. The third kappa shape index (κ3) is 2.08. The van der Waals surface area contributed by atoms with Crippen LogP contribution in [0.15, 0.2) is 0 Å². The van der Waals surface area contributed by atoms with Gasteiger partial charge in [0, 0.05) is 6.54 Å². The van der Waals surface area contributed by atoms with Gasteiger partial charge in [0.25, 0.3) is 0 Å². The van der Waals surface area contributed by atoms with Crippen molar-refractivity contribution in [3.63, 3.8) is 0 Å². The Balaban J connectivity index is 2.73. The minimum Gasteiger partial charge on any atom is -0.480 e. The first-order chi connectivity index (χ1) is 6.94. The van der Waals surface area contributed by atoms with Crippen LogP contribution in [0.1, 0.15) is 19.8 Å². The van der Waals surface area contributed by atoms with E-state index < -0.39 is 23.2 Å². The van der Waals surface area contributed by atoms with E-state index in [1.807, 2.05) is 0 Å². The van der Waals surface area contributed by atoms with Crippen molar-refractivity contribution in [2.45, 2.75) is 19.8 Å². The maximum atomic E-state index is 11.8. The van der Waals surface area contributed by atoms with Crippen LogP contribution in [-0.2, 0) is 14.4 Å². The molecule has 0 heterocycles.